The smallest absolute Gasteiger partial charge is 0.317 e. The van der Waals surface area contributed by atoms with Gasteiger partial charge in [-0.25, -0.2) is 0 Å². The third-order valence-electron chi connectivity index (χ3n) is 10.6. The first-order valence-corrected chi connectivity index (χ1v) is 24.8. The number of benzene rings is 7. The SMILES string of the molecule is O=C(CCCOC(=O)CC(=O)OCCCBr)OCc1cc(OCc2cc(OCc3ccccc3)cc(OCc3ccccc3)c2)cc(OCc2cc(OCc3ccccc3)cc(OCc3ccccc3)c2)c1. The highest BCUT2D eigenvalue weighted by Crippen LogP contribution is 2.30. The van der Waals surface area contributed by atoms with Crippen molar-refractivity contribution in [3.63, 3.8) is 0 Å². The fraction of sp³-hybridized carbons (Fsp3) is 0.237. The summed E-state index contributed by atoms with van der Waals surface area (Å²) in [5, 5.41) is 0.678. The van der Waals surface area contributed by atoms with Gasteiger partial charge in [0.25, 0.3) is 0 Å². The van der Waals surface area contributed by atoms with Crippen molar-refractivity contribution in [2.75, 3.05) is 18.5 Å². The Hall–Kier alpha value is -7.77. The highest BCUT2D eigenvalue weighted by molar-refractivity contribution is 9.09. The van der Waals surface area contributed by atoms with Crippen molar-refractivity contribution in [3.05, 3.63) is 215 Å². The van der Waals surface area contributed by atoms with E-state index in [0.29, 0.717) is 78.2 Å². The molecule has 7 aromatic rings. The lowest BCUT2D eigenvalue weighted by molar-refractivity contribution is -0.155. The predicted octanol–water partition coefficient (Wildman–Crippen LogP) is 12.2. The van der Waals surface area contributed by atoms with E-state index in [1.165, 1.54) is 0 Å². The molecule has 7 aromatic carbocycles. The molecule has 0 saturated heterocycles. The van der Waals surface area contributed by atoms with Gasteiger partial charge in [-0.2, -0.15) is 0 Å². The highest BCUT2D eigenvalue weighted by Gasteiger charge is 2.15. The first-order valence-electron chi connectivity index (χ1n) is 23.7. The second-order valence-electron chi connectivity index (χ2n) is 16.5. The quantitative estimate of drug-likeness (QED) is 0.0145. The molecular formula is C59H57BrO12. The molecule has 13 heteroatoms. The van der Waals surface area contributed by atoms with Gasteiger partial charge < -0.3 is 42.6 Å². The van der Waals surface area contributed by atoms with E-state index in [1.54, 1.807) is 18.2 Å². The van der Waals surface area contributed by atoms with Crippen LogP contribution in [0, 0.1) is 0 Å². The molecular weight excluding hydrogens is 981 g/mol. The lowest BCUT2D eigenvalue weighted by Crippen LogP contribution is -2.15. The van der Waals surface area contributed by atoms with E-state index in [0.717, 1.165) is 33.4 Å². The molecule has 0 saturated carbocycles. The van der Waals surface area contributed by atoms with Crippen molar-refractivity contribution in [1.29, 1.82) is 0 Å². The minimum atomic E-state index is -0.721. The summed E-state index contributed by atoms with van der Waals surface area (Å²) >= 11 is 3.26. The number of esters is 3. The monoisotopic (exact) mass is 1040 g/mol. The molecule has 72 heavy (non-hydrogen) atoms. The standard InChI is InChI=1S/C59H57BrO12/c60-24-14-26-65-59(63)36-58(62)64-25-13-23-57(61)72-43-50-31-55(70-41-48-27-51(66-37-44-15-5-1-6-16-44)33-52(28-48)67-38-45-17-7-2-8-18-45)35-56(32-50)71-42-49-29-53(68-39-46-19-9-3-10-20-46)34-54(30-49)69-40-47-21-11-4-12-22-47/h1-12,15-22,27-35H,13-14,23-26,36-43H2. The maximum atomic E-state index is 12.9. The van der Waals surface area contributed by atoms with Crippen LogP contribution >= 0.6 is 15.9 Å². The van der Waals surface area contributed by atoms with Crippen LogP contribution in [0.4, 0.5) is 0 Å². The molecule has 372 valence electrons. The molecule has 0 radical (unpaired) electrons. The van der Waals surface area contributed by atoms with Crippen LogP contribution in [0.25, 0.3) is 0 Å². The van der Waals surface area contributed by atoms with Crippen LogP contribution in [0.2, 0.25) is 0 Å². The predicted molar refractivity (Wildman–Crippen MR) is 275 cm³/mol. The van der Waals surface area contributed by atoms with Crippen molar-refractivity contribution < 1.29 is 57.0 Å². The van der Waals surface area contributed by atoms with Gasteiger partial charge in [-0.15, -0.1) is 0 Å². The van der Waals surface area contributed by atoms with E-state index in [-0.39, 0.29) is 45.9 Å². The Morgan fingerprint density at radius 3 is 0.931 bits per heavy atom. The summed E-state index contributed by atoms with van der Waals surface area (Å²) in [6.07, 6.45) is 0.325. The number of alkyl halides is 1. The van der Waals surface area contributed by atoms with Crippen LogP contribution in [0.3, 0.4) is 0 Å². The molecule has 0 aromatic heterocycles. The normalized spacial score (nSPS) is 10.7. The van der Waals surface area contributed by atoms with Crippen molar-refractivity contribution >= 4 is 33.8 Å². The van der Waals surface area contributed by atoms with Crippen LogP contribution in [0.5, 0.6) is 34.5 Å². The maximum absolute atomic E-state index is 12.9. The van der Waals surface area contributed by atoms with Gasteiger partial charge in [0.1, 0.15) is 87.2 Å². The van der Waals surface area contributed by atoms with Gasteiger partial charge >= 0.3 is 17.9 Å². The molecule has 0 aliphatic rings. The van der Waals surface area contributed by atoms with Crippen LogP contribution in [-0.4, -0.2) is 36.5 Å². The molecule has 0 unspecified atom stereocenters. The van der Waals surface area contributed by atoms with Crippen molar-refractivity contribution in [2.45, 2.75) is 71.9 Å². The molecule has 0 atom stereocenters. The highest BCUT2D eigenvalue weighted by atomic mass is 79.9. The number of carbonyl (C=O) groups excluding carboxylic acids is 3. The third kappa shape index (κ3) is 18.9. The minimum absolute atomic E-state index is 0.0166. The van der Waals surface area contributed by atoms with Crippen LogP contribution in [0.15, 0.2) is 176 Å². The lowest BCUT2D eigenvalue weighted by Gasteiger charge is -2.16. The van der Waals surface area contributed by atoms with Crippen LogP contribution in [-0.2, 0) is 74.8 Å². The third-order valence-corrected chi connectivity index (χ3v) is 11.2. The molecule has 0 aliphatic carbocycles. The number of halogens is 1. The van der Waals surface area contributed by atoms with Gasteiger partial charge in [0.05, 0.1) is 13.2 Å². The van der Waals surface area contributed by atoms with Crippen LogP contribution < -0.4 is 28.4 Å². The molecule has 12 nitrogen and oxygen atoms in total. The molecule has 0 fully saturated rings. The van der Waals surface area contributed by atoms with Gasteiger partial charge in [-0.1, -0.05) is 137 Å². The van der Waals surface area contributed by atoms with Gasteiger partial charge in [0.15, 0.2) is 0 Å². The summed E-state index contributed by atoms with van der Waals surface area (Å²) in [7, 11) is 0. The Morgan fingerprint density at radius 1 is 0.319 bits per heavy atom. The maximum Gasteiger partial charge on any atom is 0.317 e. The molecule has 0 spiro atoms. The summed E-state index contributed by atoms with van der Waals surface area (Å²) in [6.45, 7) is 1.82. The van der Waals surface area contributed by atoms with Crippen LogP contribution in [0.1, 0.15) is 64.6 Å². The summed E-state index contributed by atoms with van der Waals surface area (Å²) in [5.74, 6) is 1.52. The topological polar surface area (TPSA) is 134 Å². The Bertz CT molecular complexity index is 2470. The fourth-order valence-corrected chi connectivity index (χ4v) is 7.27. The minimum Gasteiger partial charge on any atom is -0.489 e. The average Bonchev–Trinajstić information content (AvgIpc) is 3.41. The fourth-order valence-electron chi connectivity index (χ4n) is 7.04. The molecule has 0 bridgehead atoms. The first kappa shape index (κ1) is 52.1. The summed E-state index contributed by atoms with van der Waals surface area (Å²) < 4.78 is 53.7. The summed E-state index contributed by atoms with van der Waals surface area (Å²) in [4.78, 5) is 36.9. The van der Waals surface area contributed by atoms with Gasteiger partial charge in [0.2, 0.25) is 0 Å². The lowest BCUT2D eigenvalue weighted by atomic mass is 10.2. The Kier molecular flexibility index (Phi) is 20.8. The van der Waals surface area contributed by atoms with Gasteiger partial charge in [-0.05, 0) is 88.2 Å². The molecule has 0 heterocycles. The second kappa shape index (κ2) is 28.8. The molecule has 0 amide bonds. The number of rotatable bonds is 29. The Balaban J connectivity index is 1.05. The first-order chi connectivity index (χ1) is 35.3. The zero-order valence-electron chi connectivity index (χ0n) is 39.9. The Labute approximate surface area is 428 Å². The van der Waals surface area contributed by atoms with E-state index in [4.69, 9.17) is 42.6 Å². The number of ether oxygens (including phenoxy) is 9. The molecule has 0 N–H and O–H groups in total. The molecule has 0 aliphatic heterocycles. The second-order valence-corrected chi connectivity index (χ2v) is 17.3. The Morgan fingerprint density at radius 2 is 0.611 bits per heavy atom. The zero-order chi connectivity index (χ0) is 50.0. The zero-order valence-corrected chi connectivity index (χ0v) is 41.5. The number of hydrogen-bond acceptors (Lipinski definition) is 12. The van der Waals surface area contributed by atoms with Gasteiger partial charge in [-0.3, -0.25) is 14.4 Å². The number of hydrogen-bond donors (Lipinski definition) is 0. The average molecular weight is 1040 g/mol. The summed E-state index contributed by atoms with van der Waals surface area (Å²) in [5.41, 5.74) is 6.31. The van der Waals surface area contributed by atoms with E-state index < -0.39 is 24.3 Å². The van der Waals surface area contributed by atoms with Gasteiger partial charge in [0, 0.05) is 30.0 Å². The number of carbonyl (C=O) groups is 3. The van der Waals surface area contributed by atoms with Crippen molar-refractivity contribution in [1.82, 2.24) is 0 Å². The van der Waals surface area contributed by atoms with Crippen molar-refractivity contribution in [3.8, 4) is 34.5 Å². The largest absolute Gasteiger partial charge is 0.489 e. The van der Waals surface area contributed by atoms with Crippen molar-refractivity contribution in [2.24, 2.45) is 0 Å². The molecule has 7 rings (SSSR count). The van der Waals surface area contributed by atoms with E-state index in [1.807, 2.05) is 158 Å². The van der Waals surface area contributed by atoms with E-state index in [2.05, 4.69) is 15.9 Å². The van der Waals surface area contributed by atoms with E-state index >= 15 is 0 Å². The summed E-state index contributed by atoms with van der Waals surface area (Å²) in [6, 6.07) is 56.4. The van der Waals surface area contributed by atoms with E-state index in [9.17, 15) is 14.4 Å².